The van der Waals surface area contributed by atoms with Crippen molar-refractivity contribution in [2.45, 2.75) is 13.5 Å². The minimum absolute atomic E-state index is 0.0307. The molecule has 0 radical (unpaired) electrons. The molecule has 0 aliphatic rings. The number of aromatic hydroxyl groups is 1. The fraction of sp³-hybridized carbons (Fsp3) is 0.143. The molecule has 0 amide bonds. The van der Waals surface area contributed by atoms with E-state index in [0.717, 1.165) is 4.57 Å². The van der Waals surface area contributed by atoms with Crippen molar-refractivity contribution in [1.82, 2.24) is 9.55 Å². The second kappa shape index (κ2) is 5.16. The van der Waals surface area contributed by atoms with Crippen LogP contribution in [0.15, 0.2) is 46.0 Å². The lowest BCUT2D eigenvalue weighted by Gasteiger charge is -2.11. The topological polar surface area (TPSA) is 75.1 Å². The minimum Gasteiger partial charge on any atom is -0.494 e. The number of hydrogen-bond donors (Lipinski definition) is 2. The number of halogens is 1. The van der Waals surface area contributed by atoms with Crippen LogP contribution in [0.25, 0.3) is 11.1 Å². The lowest BCUT2D eigenvalue weighted by molar-refractivity contribution is 0.410. The highest BCUT2D eigenvalue weighted by atomic mass is 19.1. The Balaban J connectivity index is 2.78. The van der Waals surface area contributed by atoms with Crippen molar-refractivity contribution in [3.63, 3.8) is 0 Å². The van der Waals surface area contributed by atoms with Crippen molar-refractivity contribution in [3.8, 4) is 17.0 Å². The van der Waals surface area contributed by atoms with Crippen molar-refractivity contribution < 1.29 is 9.50 Å². The first-order chi connectivity index (χ1) is 9.41. The van der Waals surface area contributed by atoms with Gasteiger partial charge in [0.05, 0.1) is 6.54 Å². The fourth-order valence-corrected chi connectivity index (χ4v) is 1.88. The Morgan fingerprint density at radius 3 is 2.65 bits per heavy atom. The van der Waals surface area contributed by atoms with Crippen LogP contribution in [0, 0.1) is 5.82 Å². The Labute approximate surface area is 113 Å². The summed E-state index contributed by atoms with van der Waals surface area (Å²) in [6.07, 6.45) is 0. The van der Waals surface area contributed by atoms with E-state index in [2.05, 4.69) is 11.6 Å². The standard InChI is InChI=1S/C14H13FN2O3/c1-8(2)7-17-13(19)11(12(18)16-14(17)20)9-5-3-4-6-10(9)15/h3-6,19H,1,7H2,2H3,(H,16,18,20). The SMILES string of the molecule is C=C(C)Cn1c(O)c(-c2ccccc2F)c(=O)[nH]c1=O. The van der Waals surface area contributed by atoms with Crippen LogP contribution in [0.3, 0.4) is 0 Å². The molecule has 5 nitrogen and oxygen atoms in total. The highest BCUT2D eigenvalue weighted by Crippen LogP contribution is 2.26. The normalized spacial score (nSPS) is 10.5. The summed E-state index contributed by atoms with van der Waals surface area (Å²) >= 11 is 0. The van der Waals surface area contributed by atoms with Crippen molar-refractivity contribution >= 4 is 0 Å². The first kappa shape index (κ1) is 13.8. The summed E-state index contributed by atoms with van der Waals surface area (Å²) in [5, 5.41) is 10.1. The van der Waals surface area contributed by atoms with Crippen molar-refractivity contribution in [1.29, 1.82) is 0 Å². The Morgan fingerprint density at radius 2 is 2.05 bits per heavy atom. The Hall–Kier alpha value is -2.63. The molecule has 20 heavy (non-hydrogen) atoms. The number of rotatable bonds is 3. The molecular weight excluding hydrogens is 263 g/mol. The van der Waals surface area contributed by atoms with E-state index in [-0.39, 0.29) is 17.7 Å². The van der Waals surface area contributed by atoms with Gasteiger partial charge in [-0.05, 0) is 13.0 Å². The van der Waals surface area contributed by atoms with Gasteiger partial charge in [0.2, 0.25) is 5.88 Å². The molecule has 1 aromatic heterocycles. The van der Waals surface area contributed by atoms with E-state index >= 15 is 0 Å². The Kier molecular flexibility index (Phi) is 3.56. The van der Waals surface area contributed by atoms with Gasteiger partial charge in [-0.2, -0.15) is 0 Å². The zero-order chi connectivity index (χ0) is 14.9. The molecule has 0 aliphatic carbocycles. The first-order valence-corrected chi connectivity index (χ1v) is 5.87. The van der Waals surface area contributed by atoms with Crippen LogP contribution >= 0.6 is 0 Å². The zero-order valence-corrected chi connectivity index (χ0v) is 10.8. The number of aromatic amines is 1. The maximum absolute atomic E-state index is 13.8. The van der Waals surface area contributed by atoms with Gasteiger partial charge < -0.3 is 5.11 Å². The second-order valence-electron chi connectivity index (χ2n) is 4.48. The molecule has 104 valence electrons. The maximum atomic E-state index is 13.8. The van der Waals surface area contributed by atoms with Crippen LogP contribution in [0.5, 0.6) is 5.88 Å². The van der Waals surface area contributed by atoms with Crippen LogP contribution in [0.4, 0.5) is 4.39 Å². The van der Waals surface area contributed by atoms with E-state index in [4.69, 9.17) is 0 Å². The first-order valence-electron chi connectivity index (χ1n) is 5.87. The summed E-state index contributed by atoms with van der Waals surface area (Å²) in [6, 6.07) is 5.52. The third-order valence-corrected chi connectivity index (χ3v) is 2.74. The van der Waals surface area contributed by atoms with Crippen LogP contribution in [0.1, 0.15) is 6.92 Å². The van der Waals surface area contributed by atoms with Gasteiger partial charge in [0.1, 0.15) is 11.4 Å². The zero-order valence-electron chi connectivity index (χ0n) is 10.8. The average Bonchev–Trinajstić information content (AvgIpc) is 2.36. The molecule has 2 aromatic rings. The third kappa shape index (κ3) is 2.40. The van der Waals surface area contributed by atoms with Crippen molar-refractivity contribution in [2.75, 3.05) is 0 Å². The Bertz CT molecular complexity index is 790. The average molecular weight is 276 g/mol. The summed E-state index contributed by atoms with van der Waals surface area (Å²) in [7, 11) is 0. The lowest BCUT2D eigenvalue weighted by Crippen LogP contribution is -2.31. The van der Waals surface area contributed by atoms with Crippen LogP contribution in [0.2, 0.25) is 0 Å². The van der Waals surface area contributed by atoms with E-state index in [1.807, 2.05) is 0 Å². The molecule has 1 heterocycles. The molecule has 1 aromatic carbocycles. The van der Waals surface area contributed by atoms with Gasteiger partial charge in [-0.1, -0.05) is 30.4 Å². The molecule has 0 atom stereocenters. The molecule has 0 saturated heterocycles. The van der Waals surface area contributed by atoms with Crippen LogP contribution in [-0.2, 0) is 6.54 Å². The summed E-state index contributed by atoms with van der Waals surface area (Å²) in [5.41, 5.74) is -1.34. The number of benzene rings is 1. The number of allylic oxidation sites excluding steroid dienone is 1. The van der Waals surface area contributed by atoms with Crippen LogP contribution < -0.4 is 11.2 Å². The van der Waals surface area contributed by atoms with E-state index in [9.17, 15) is 19.1 Å². The monoisotopic (exact) mass is 276 g/mol. The van der Waals surface area contributed by atoms with Crippen LogP contribution in [-0.4, -0.2) is 14.7 Å². The van der Waals surface area contributed by atoms with Gasteiger partial charge in [-0.3, -0.25) is 14.3 Å². The minimum atomic E-state index is -0.837. The molecule has 0 spiro atoms. The van der Waals surface area contributed by atoms with Gasteiger partial charge in [0.25, 0.3) is 5.56 Å². The van der Waals surface area contributed by atoms with E-state index in [1.165, 1.54) is 24.3 Å². The Morgan fingerprint density at radius 1 is 1.40 bits per heavy atom. The number of nitrogens with one attached hydrogen (secondary N) is 1. The summed E-state index contributed by atoms with van der Waals surface area (Å²) in [6.45, 7) is 5.34. The van der Waals surface area contributed by atoms with E-state index < -0.39 is 22.9 Å². The molecule has 0 fully saturated rings. The third-order valence-electron chi connectivity index (χ3n) is 2.74. The number of H-pyrrole nitrogens is 1. The molecule has 0 aliphatic heterocycles. The highest BCUT2D eigenvalue weighted by molar-refractivity contribution is 5.67. The molecule has 6 heteroatoms. The molecule has 2 N–H and O–H groups in total. The maximum Gasteiger partial charge on any atom is 0.331 e. The molecule has 0 unspecified atom stereocenters. The fourth-order valence-electron chi connectivity index (χ4n) is 1.88. The van der Waals surface area contributed by atoms with Gasteiger partial charge in [0, 0.05) is 5.56 Å². The highest BCUT2D eigenvalue weighted by Gasteiger charge is 2.18. The van der Waals surface area contributed by atoms with Gasteiger partial charge in [-0.15, -0.1) is 0 Å². The van der Waals surface area contributed by atoms with E-state index in [1.54, 1.807) is 6.92 Å². The summed E-state index contributed by atoms with van der Waals surface area (Å²) in [5.74, 6) is -1.24. The lowest BCUT2D eigenvalue weighted by atomic mass is 10.1. The molecule has 0 bridgehead atoms. The van der Waals surface area contributed by atoms with Crippen molar-refractivity contribution in [2.24, 2.45) is 0 Å². The van der Waals surface area contributed by atoms with Gasteiger partial charge >= 0.3 is 5.69 Å². The summed E-state index contributed by atoms with van der Waals surface area (Å²) < 4.78 is 14.7. The predicted octanol–water partition coefficient (Wildman–Crippen LogP) is 1.62. The molecular formula is C14H13FN2O3. The number of hydrogen-bond acceptors (Lipinski definition) is 3. The molecule has 0 saturated carbocycles. The smallest absolute Gasteiger partial charge is 0.331 e. The van der Waals surface area contributed by atoms with Crippen molar-refractivity contribution in [3.05, 3.63) is 63.1 Å². The number of nitrogens with zero attached hydrogens (tertiary/aromatic N) is 1. The second-order valence-corrected chi connectivity index (χ2v) is 4.48. The predicted molar refractivity (Wildman–Crippen MR) is 73.2 cm³/mol. The largest absolute Gasteiger partial charge is 0.494 e. The molecule has 2 rings (SSSR count). The number of aromatic nitrogens is 2. The summed E-state index contributed by atoms with van der Waals surface area (Å²) in [4.78, 5) is 25.6. The van der Waals surface area contributed by atoms with Gasteiger partial charge in [0.15, 0.2) is 0 Å². The van der Waals surface area contributed by atoms with Gasteiger partial charge in [-0.25, -0.2) is 9.18 Å². The van der Waals surface area contributed by atoms with E-state index in [0.29, 0.717) is 5.57 Å². The quantitative estimate of drug-likeness (QED) is 0.836.